The summed E-state index contributed by atoms with van der Waals surface area (Å²) in [6.45, 7) is 5.30. The van der Waals surface area contributed by atoms with Crippen molar-refractivity contribution in [2.45, 2.75) is 0 Å². The molecule has 1 aromatic carbocycles. The number of anilines is 2. The van der Waals surface area contributed by atoms with Gasteiger partial charge in [-0.15, -0.1) is 22.7 Å². The molecule has 2 saturated heterocycles. The average molecular weight is 674 g/mol. The summed E-state index contributed by atoms with van der Waals surface area (Å²) >= 11 is 5.98. The molecule has 2 aliphatic heterocycles. The Morgan fingerprint density at radius 2 is 1.29 bits per heavy atom. The van der Waals surface area contributed by atoms with E-state index in [1.807, 2.05) is 21.2 Å². The third-order valence-electron chi connectivity index (χ3n) is 6.64. The van der Waals surface area contributed by atoms with Crippen molar-refractivity contribution in [1.29, 1.82) is 0 Å². The van der Waals surface area contributed by atoms with E-state index in [-0.39, 0.29) is 22.0 Å². The van der Waals surface area contributed by atoms with E-state index < -0.39 is 5.97 Å². The second-order valence-electron chi connectivity index (χ2n) is 9.35. The minimum Gasteiger partial charge on any atom is -0.438 e. The summed E-state index contributed by atoms with van der Waals surface area (Å²) in [5.74, 6) is 0.983. The van der Waals surface area contributed by atoms with Crippen LogP contribution in [0.4, 0.5) is 11.8 Å². The van der Waals surface area contributed by atoms with E-state index >= 15 is 0 Å². The maximum atomic E-state index is 12.5. The van der Waals surface area contributed by atoms with E-state index in [0.29, 0.717) is 72.0 Å². The van der Waals surface area contributed by atoms with Crippen LogP contribution in [-0.2, 0) is 9.47 Å². The van der Waals surface area contributed by atoms with Gasteiger partial charge in [-0.3, -0.25) is 9.59 Å². The lowest BCUT2D eigenvalue weighted by atomic mass is 10.3. The number of fused-ring (bicyclic) bond motifs is 2. The molecule has 7 rings (SSSR count). The number of carbonyl (C=O) groups is 1. The molecular formula is C29H25BrN2O8S2. The molecule has 2 fully saturated rings. The number of thiophene rings is 2. The molecule has 0 spiro atoms. The highest BCUT2D eigenvalue weighted by Gasteiger charge is 2.22. The third kappa shape index (κ3) is 6.15. The van der Waals surface area contributed by atoms with Crippen molar-refractivity contribution in [3.8, 4) is 5.75 Å². The Kier molecular flexibility index (Phi) is 8.72. The third-order valence-corrected chi connectivity index (χ3v) is 9.48. The van der Waals surface area contributed by atoms with Crippen LogP contribution < -0.4 is 25.4 Å². The summed E-state index contributed by atoms with van der Waals surface area (Å²) < 4.78 is 29.6. The van der Waals surface area contributed by atoms with Crippen LogP contribution in [-0.4, -0.2) is 58.6 Å². The Labute approximate surface area is 255 Å². The van der Waals surface area contributed by atoms with Crippen molar-refractivity contribution in [3.63, 3.8) is 0 Å². The summed E-state index contributed by atoms with van der Waals surface area (Å²) in [6, 6.07) is 11.8. The molecule has 5 aromatic rings. The lowest BCUT2D eigenvalue weighted by Gasteiger charge is -2.27. The van der Waals surface area contributed by atoms with Gasteiger partial charge in [-0.25, -0.2) is 4.79 Å². The van der Waals surface area contributed by atoms with Crippen molar-refractivity contribution in [3.05, 3.63) is 83.7 Å². The Hall–Kier alpha value is -3.49. The Morgan fingerprint density at radius 1 is 0.762 bits per heavy atom. The number of rotatable bonds is 4. The van der Waals surface area contributed by atoms with Crippen molar-refractivity contribution in [2.75, 3.05) is 62.4 Å². The van der Waals surface area contributed by atoms with Gasteiger partial charge in [0.15, 0.2) is 22.9 Å². The van der Waals surface area contributed by atoms with Gasteiger partial charge in [-0.2, -0.15) is 0 Å². The normalized spacial score (nSPS) is 15.5. The van der Waals surface area contributed by atoms with E-state index in [1.54, 1.807) is 35.7 Å². The fourth-order valence-corrected chi connectivity index (χ4v) is 6.83. The number of benzene rings is 1. The number of esters is 1. The molecular weight excluding hydrogens is 648 g/mol. The molecule has 2 aliphatic rings. The SMILES string of the molecule is O=C(Oc1ccccc1)c1csc2c(=O)cc(N3CCOCC3)oc12.O=c1cc(N2CCOCC2)oc2c(Br)csc12. The minimum atomic E-state index is -0.542. The van der Waals surface area contributed by atoms with Gasteiger partial charge in [-0.05, 0) is 28.1 Å². The van der Waals surface area contributed by atoms with Crippen LogP contribution >= 0.6 is 38.6 Å². The summed E-state index contributed by atoms with van der Waals surface area (Å²) in [7, 11) is 0. The van der Waals surface area contributed by atoms with Gasteiger partial charge in [-0.1, -0.05) is 18.2 Å². The molecule has 4 aromatic heterocycles. The number of para-hydroxylation sites is 1. The molecule has 0 atom stereocenters. The predicted molar refractivity (Wildman–Crippen MR) is 166 cm³/mol. The molecule has 0 bridgehead atoms. The van der Waals surface area contributed by atoms with Crippen molar-refractivity contribution in [2.24, 2.45) is 0 Å². The van der Waals surface area contributed by atoms with E-state index in [0.717, 1.165) is 17.6 Å². The number of hydrogen-bond acceptors (Lipinski definition) is 12. The number of ether oxygens (including phenoxy) is 3. The number of halogens is 1. The van der Waals surface area contributed by atoms with Gasteiger partial charge in [0.05, 0.1) is 30.9 Å². The number of hydrogen-bond donors (Lipinski definition) is 0. The molecule has 0 saturated carbocycles. The topological polar surface area (TPSA) is 112 Å². The zero-order valence-corrected chi connectivity index (χ0v) is 25.4. The number of morpholine rings is 2. The van der Waals surface area contributed by atoms with Crippen LogP contribution in [0.1, 0.15) is 10.4 Å². The Balaban J connectivity index is 0.000000162. The maximum absolute atomic E-state index is 12.5. The lowest BCUT2D eigenvalue weighted by molar-refractivity contribution is 0.0736. The van der Waals surface area contributed by atoms with Crippen molar-refractivity contribution in [1.82, 2.24) is 0 Å². The Morgan fingerprint density at radius 3 is 1.88 bits per heavy atom. The lowest BCUT2D eigenvalue weighted by Crippen LogP contribution is -2.36. The minimum absolute atomic E-state index is 0.0171. The first-order valence-electron chi connectivity index (χ1n) is 13.2. The predicted octanol–water partition coefficient (Wildman–Crippen LogP) is 5.36. The highest BCUT2D eigenvalue weighted by Crippen LogP contribution is 2.31. The second-order valence-corrected chi connectivity index (χ2v) is 12.0. The molecule has 0 amide bonds. The summed E-state index contributed by atoms with van der Waals surface area (Å²) in [6.07, 6.45) is 0. The van der Waals surface area contributed by atoms with Crippen LogP contribution in [0.5, 0.6) is 5.75 Å². The molecule has 42 heavy (non-hydrogen) atoms. The van der Waals surface area contributed by atoms with Crippen LogP contribution in [0.15, 0.2) is 76.1 Å². The standard InChI is InChI=1S/C18H15NO5S.C11H10BrNO3S/c20-14-10-15(19-6-8-22-9-7-19)24-16-13(11-25-17(14)16)18(21)23-12-4-2-1-3-5-12;12-7-6-17-11-8(14)5-9(16-10(7)11)13-1-3-15-4-2-13/h1-5,10-11H,6-9H2;5-6H,1-4H2. The van der Waals surface area contributed by atoms with Crippen molar-refractivity contribution >= 4 is 76.9 Å². The second kappa shape index (κ2) is 12.8. The van der Waals surface area contributed by atoms with Gasteiger partial charge in [0, 0.05) is 49.1 Å². The van der Waals surface area contributed by atoms with Gasteiger partial charge in [0.1, 0.15) is 20.7 Å². The highest BCUT2D eigenvalue weighted by atomic mass is 79.9. The van der Waals surface area contributed by atoms with E-state index in [1.165, 1.54) is 28.7 Å². The maximum Gasteiger partial charge on any atom is 0.348 e. The van der Waals surface area contributed by atoms with E-state index in [9.17, 15) is 14.4 Å². The fourth-order valence-electron chi connectivity index (χ4n) is 4.50. The molecule has 6 heterocycles. The molecule has 10 nitrogen and oxygen atoms in total. The number of carbonyl (C=O) groups excluding carboxylic acids is 1. The van der Waals surface area contributed by atoms with Crippen LogP contribution in [0.25, 0.3) is 20.6 Å². The quantitative estimate of drug-likeness (QED) is 0.183. The first-order chi connectivity index (χ1) is 20.5. The molecule has 0 aliphatic carbocycles. The Bertz CT molecular complexity index is 1820. The smallest absolute Gasteiger partial charge is 0.348 e. The zero-order valence-electron chi connectivity index (χ0n) is 22.2. The molecule has 0 unspecified atom stereocenters. The average Bonchev–Trinajstić information content (AvgIpc) is 3.63. The van der Waals surface area contributed by atoms with Gasteiger partial charge in [0.25, 0.3) is 0 Å². The van der Waals surface area contributed by atoms with Crippen molar-refractivity contribution < 1.29 is 27.8 Å². The van der Waals surface area contributed by atoms with Crippen LogP contribution in [0, 0.1) is 0 Å². The van der Waals surface area contributed by atoms with Crippen LogP contribution in [0.3, 0.4) is 0 Å². The van der Waals surface area contributed by atoms with E-state index in [2.05, 4.69) is 15.9 Å². The van der Waals surface area contributed by atoms with Crippen LogP contribution in [0.2, 0.25) is 0 Å². The van der Waals surface area contributed by atoms with Gasteiger partial charge in [0.2, 0.25) is 10.9 Å². The number of nitrogens with zero attached hydrogens (tertiary/aromatic N) is 2. The van der Waals surface area contributed by atoms with Gasteiger partial charge < -0.3 is 32.8 Å². The summed E-state index contributed by atoms with van der Waals surface area (Å²) in [5, 5.41) is 3.47. The molecule has 0 N–H and O–H groups in total. The van der Waals surface area contributed by atoms with E-state index in [4.69, 9.17) is 23.0 Å². The monoisotopic (exact) mass is 672 g/mol. The first kappa shape index (κ1) is 28.6. The zero-order chi connectivity index (χ0) is 29.1. The highest BCUT2D eigenvalue weighted by molar-refractivity contribution is 9.10. The summed E-state index contributed by atoms with van der Waals surface area (Å²) in [5.41, 5.74) is 1.04. The molecule has 218 valence electrons. The molecule has 0 radical (unpaired) electrons. The molecule has 13 heteroatoms. The van der Waals surface area contributed by atoms with Gasteiger partial charge >= 0.3 is 5.97 Å². The first-order valence-corrected chi connectivity index (χ1v) is 15.7. The summed E-state index contributed by atoms with van der Waals surface area (Å²) in [4.78, 5) is 40.8. The fraction of sp³-hybridized carbons (Fsp3) is 0.276. The largest absolute Gasteiger partial charge is 0.438 e.